The fourth-order valence-electron chi connectivity index (χ4n) is 2.05. The molecule has 1 atom stereocenters. The summed E-state index contributed by atoms with van der Waals surface area (Å²) in [7, 11) is 1.45. The second kappa shape index (κ2) is 7.76. The predicted molar refractivity (Wildman–Crippen MR) is 88.5 cm³/mol. The van der Waals surface area contributed by atoms with Crippen LogP contribution in [0.15, 0.2) is 18.2 Å². The molecular formula is C17H24N2O4. The van der Waals surface area contributed by atoms with Crippen molar-refractivity contribution >= 4 is 23.5 Å². The molecular weight excluding hydrogens is 296 g/mol. The molecule has 0 aliphatic rings. The van der Waals surface area contributed by atoms with Crippen molar-refractivity contribution < 1.29 is 19.5 Å². The molecule has 0 spiro atoms. The first-order valence-corrected chi connectivity index (χ1v) is 7.54. The molecule has 2 N–H and O–H groups in total. The van der Waals surface area contributed by atoms with E-state index in [4.69, 9.17) is 5.11 Å². The summed E-state index contributed by atoms with van der Waals surface area (Å²) in [5, 5.41) is 11.8. The highest BCUT2D eigenvalue weighted by molar-refractivity contribution is 5.98. The third-order valence-electron chi connectivity index (χ3n) is 3.60. The molecule has 1 aromatic rings. The van der Waals surface area contributed by atoms with Crippen molar-refractivity contribution in [1.82, 2.24) is 4.90 Å². The highest BCUT2D eigenvalue weighted by atomic mass is 16.4. The first kappa shape index (κ1) is 18.7. The van der Waals surface area contributed by atoms with Gasteiger partial charge in [-0.05, 0) is 43.5 Å². The van der Waals surface area contributed by atoms with Crippen LogP contribution in [0.1, 0.15) is 43.1 Å². The Morgan fingerprint density at radius 1 is 1.22 bits per heavy atom. The average molecular weight is 320 g/mol. The number of aliphatic carboxylic acids is 1. The molecule has 0 aliphatic carbocycles. The van der Waals surface area contributed by atoms with Crippen LogP contribution in [-0.4, -0.2) is 40.9 Å². The largest absolute Gasteiger partial charge is 0.480 e. The summed E-state index contributed by atoms with van der Waals surface area (Å²) in [5.74, 6) is -1.24. The molecule has 0 radical (unpaired) electrons. The highest BCUT2D eigenvalue weighted by Gasteiger charge is 2.23. The van der Waals surface area contributed by atoms with Gasteiger partial charge in [0.1, 0.15) is 6.04 Å². The van der Waals surface area contributed by atoms with Gasteiger partial charge in [0.15, 0.2) is 0 Å². The zero-order valence-electron chi connectivity index (χ0n) is 14.2. The van der Waals surface area contributed by atoms with Gasteiger partial charge in [-0.15, -0.1) is 0 Å². The maximum absolute atomic E-state index is 12.3. The van der Waals surface area contributed by atoms with Crippen LogP contribution >= 0.6 is 0 Å². The highest BCUT2D eigenvalue weighted by Crippen LogP contribution is 2.19. The van der Waals surface area contributed by atoms with E-state index in [1.165, 1.54) is 18.9 Å². The van der Waals surface area contributed by atoms with Crippen molar-refractivity contribution in [2.45, 2.75) is 40.2 Å². The lowest BCUT2D eigenvalue weighted by Crippen LogP contribution is -2.40. The topological polar surface area (TPSA) is 86.7 Å². The molecule has 2 amide bonds. The fourth-order valence-corrected chi connectivity index (χ4v) is 2.05. The number of aryl methyl sites for hydroxylation is 1. The quantitative estimate of drug-likeness (QED) is 0.843. The van der Waals surface area contributed by atoms with Gasteiger partial charge in [-0.25, -0.2) is 4.79 Å². The summed E-state index contributed by atoms with van der Waals surface area (Å²) >= 11 is 0. The van der Waals surface area contributed by atoms with E-state index in [1.54, 1.807) is 25.1 Å². The van der Waals surface area contributed by atoms with Crippen LogP contribution in [0.4, 0.5) is 5.69 Å². The summed E-state index contributed by atoms with van der Waals surface area (Å²) in [6.45, 7) is 7.18. The Balaban J connectivity index is 2.89. The number of carbonyl (C=O) groups excluding carboxylic acids is 2. The van der Waals surface area contributed by atoms with Crippen molar-refractivity contribution in [1.29, 1.82) is 0 Å². The van der Waals surface area contributed by atoms with Gasteiger partial charge in [0.05, 0.1) is 0 Å². The second-order valence-corrected chi connectivity index (χ2v) is 6.11. The number of carboxylic acids is 1. The molecule has 1 aromatic carbocycles. The van der Waals surface area contributed by atoms with Crippen LogP contribution in [0.25, 0.3) is 0 Å². The van der Waals surface area contributed by atoms with Crippen molar-refractivity contribution in [2.75, 3.05) is 12.4 Å². The van der Waals surface area contributed by atoms with E-state index in [2.05, 4.69) is 5.32 Å². The number of anilines is 1. The van der Waals surface area contributed by atoms with E-state index in [9.17, 15) is 14.4 Å². The number of nitrogens with one attached hydrogen (secondary N) is 1. The number of amides is 2. The Labute approximate surface area is 136 Å². The van der Waals surface area contributed by atoms with Crippen LogP contribution < -0.4 is 5.32 Å². The van der Waals surface area contributed by atoms with Gasteiger partial charge in [0, 0.05) is 24.7 Å². The molecule has 6 heteroatoms. The minimum Gasteiger partial charge on any atom is -0.480 e. The number of hydrogen-bond donors (Lipinski definition) is 2. The average Bonchev–Trinajstić information content (AvgIpc) is 2.46. The van der Waals surface area contributed by atoms with Crippen LogP contribution in [0.2, 0.25) is 0 Å². The zero-order chi connectivity index (χ0) is 17.7. The molecule has 0 heterocycles. The third kappa shape index (κ3) is 5.09. The Bertz CT molecular complexity index is 611. The summed E-state index contributed by atoms with van der Waals surface area (Å²) in [6.07, 6.45) is 0.430. The lowest BCUT2D eigenvalue weighted by atomic mass is 10.1. The summed E-state index contributed by atoms with van der Waals surface area (Å²) in [6, 6.07) is 4.00. The first-order valence-electron chi connectivity index (χ1n) is 7.54. The molecule has 0 saturated heterocycles. The van der Waals surface area contributed by atoms with E-state index in [-0.39, 0.29) is 17.7 Å². The van der Waals surface area contributed by atoms with Gasteiger partial charge in [0.2, 0.25) is 5.91 Å². The molecule has 126 valence electrons. The van der Waals surface area contributed by atoms with Gasteiger partial charge < -0.3 is 15.3 Å². The molecule has 23 heavy (non-hydrogen) atoms. The van der Waals surface area contributed by atoms with Gasteiger partial charge in [0.25, 0.3) is 5.91 Å². The maximum Gasteiger partial charge on any atom is 0.326 e. The fraction of sp³-hybridized carbons (Fsp3) is 0.471. The second-order valence-electron chi connectivity index (χ2n) is 6.11. The van der Waals surface area contributed by atoms with Crippen molar-refractivity contribution in [3.05, 3.63) is 29.3 Å². The number of carbonyl (C=O) groups is 3. The normalized spacial score (nSPS) is 11.9. The number of carboxylic acid groups (broad SMARTS) is 1. The van der Waals surface area contributed by atoms with Crippen molar-refractivity contribution in [3.8, 4) is 0 Å². The Kier molecular flexibility index (Phi) is 6.30. The summed E-state index contributed by atoms with van der Waals surface area (Å²) in [5.41, 5.74) is 1.80. The number of likely N-dealkylation sites (N-methyl/N-ethyl adjacent to an activating group) is 1. The predicted octanol–water partition coefficient (Wildman–Crippen LogP) is 2.52. The Morgan fingerprint density at radius 2 is 1.83 bits per heavy atom. The SMILES string of the molecule is Cc1cc(C(=O)N(C)C(C)C(=O)O)ccc1NC(=O)CC(C)C. The van der Waals surface area contributed by atoms with E-state index >= 15 is 0 Å². The van der Waals surface area contributed by atoms with Gasteiger partial charge in [-0.1, -0.05) is 13.8 Å². The minimum atomic E-state index is -1.06. The van der Waals surface area contributed by atoms with Crippen molar-refractivity contribution in [3.63, 3.8) is 0 Å². The molecule has 1 rings (SSSR count). The van der Waals surface area contributed by atoms with Crippen LogP contribution in [0, 0.1) is 12.8 Å². The standard InChI is InChI=1S/C17H24N2O4/c1-10(2)8-15(20)18-14-7-6-13(9-11(14)3)16(21)19(5)12(4)17(22)23/h6-7,9-10,12H,8H2,1-5H3,(H,18,20)(H,22,23). The molecule has 0 bridgehead atoms. The monoisotopic (exact) mass is 320 g/mol. The zero-order valence-corrected chi connectivity index (χ0v) is 14.2. The van der Waals surface area contributed by atoms with Gasteiger partial charge >= 0.3 is 5.97 Å². The Hall–Kier alpha value is -2.37. The van der Waals surface area contributed by atoms with E-state index < -0.39 is 12.0 Å². The molecule has 0 aromatic heterocycles. The van der Waals surface area contributed by atoms with Crippen molar-refractivity contribution in [2.24, 2.45) is 5.92 Å². The number of benzene rings is 1. The first-order chi connectivity index (χ1) is 10.6. The molecule has 6 nitrogen and oxygen atoms in total. The maximum atomic E-state index is 12.3. The third-order valence-corrected chi connectivity index (χ3v) is 3.60. The number of nitrogens with zero attached hydrogens (tertiary/aromatic N) is 1. The minimum absolute atomic E-state index is 0.0706. The molecule has 0 fully saturated rings. The summed E-state index contributed by atoms with van der Waals surface area (Å²) < 4.78 is 0. The molecule has 1 unspecified atom stereocenters. The number of hydrogen-bond acceptors (Lipinski definition) is 3. The number of rotatable bonds is 6. The van der Waals surface area contributed by atoms with Crippen LogP contribution in [-0.2, 0) is 9.59 Å². The lowest BCUT2D eigenvalue weighted by molar-refractivity contribution is -0.141. The Morgan fingerprint density at radius 3 is 2.30 bits per heavy atom. The molecule has 0 aliphatic heterocycles. The van der Waals surface area contributed by atoms with Crippen LogP contribution in [0.5, 0.6) is 0 Å². The van der Waals surface area contributed by atoms with E-state index in [0.29, 0.717) is 17.7 Å². The van der Waals surface area contributed by atoms with Gasteiger partial charge in [-0.3, -0.25) is 9.59 Å². The van der Waals surface area contributed by atoms with Gasteiger partial charge in [-0.2, -0.15) is 0 Å². The summed E-state index contributed by atoms with van der Waals surface area (Å²) in [4.78, 5) is 36.3. The molecule has 0 saturated carbocycles. The van der Waals surface area contributed by atoms with E-state index in [1.807, 2.05) is 13.8 Å². The smallest absolute Gasteiger partial charge is 0.326 e. The van der Waals surface area contributed by atoms with Crippen LogP contribution in [0.3, 0.4) is 0 Å². The van der Waals surface area contributed by atoms with E-state index in [0.717, 1.165) is 5.56 Å². The lowest BCUT2D eigenvalue weighted by Gasteiger charge is -2.22.